The maximum Gasteiger partial charge on any atom is 0.163 e. The summed E-state index contributed by atoms with van der Waals surface area (Å²) in [5.74, 6) is 0.617. The summed E-state index contributed by atoms with van der Waals surface area (Å²) in [4.78, 5) is 11.1. The van der Waals surface area contributed by atoms with Gasteiger partial charge >= 0.3 is 0 Å². The maximum absolute atomic E-state index is 6.88. The molecule has 4 heterocycles. The molecule has 0 spiro atoms. The number of hydrogen-bond acceptors (Lipinski definition) is 3. The fourth-order valence-corrected chi connectivity index (χ4v) is 8.90. The summed E-state index contributed by atoms with van der Waals surface area (Å²) >= 11 is 0. The normalized spacial score (nSPS) is 11.9. The third kappa shape index (κ3) is 4.76. The largest absolute Gasteiger partial charge is 0.456 e. The first-order chi connectivity index (χ1) is 28.3. The number of hydrogen-bond donors (Lipinski definition) is 0. The van der Waals surface area contributed by atoms with Crippen LogP contribution in [0.15, 0.2) is 199 Å². The smallest absolute Gasteiger partial charge is 0.163 e. The number of furan rings is 1. The minimum absolute atomic E-state index is 0.617. The average Bonchev–Trinajstić information content (AvgIpc) is 3.94. The number of para-hydroxylation sites is 5. The lowest BCUT2D eigenvalue weighted by Crippen LogP contribution is -2.08. The summed E-state index contributed by atoms with van der Waals surface area (Å²) in [5, 5.41) is 6.69. The highest BCUT2D eigenvalue weighted by atomic mass is 16.3. The molecule has 266 valence electrons. The van der Waals surface area contributed by atoms with Crippen molar-refractivity contribution in [2.75, 3.05) is 0 Å². The van der Waals surface area contributed by atoms with Crippen molar-refractivity contribution in [1.82, 2.24) is 19.1 Å². The molecule has 4 aromatic heterocycles. The van der Waals surface area contributed by atoms with Gasteiger partial charge in [-0.15, -0.1) is 0 Å². The molecule has 0 fully saturated rings. The first kappa shape index (κ1) is 31.6. The Bertz CT molecular complexity index is 3360. The molecule has 0 amide bonds. The van der Waals surface area contributed by atoms with Gasteiger partial charge in [0.25, 0.3) is 0 Å². The van der Waals surface area contributed by atoms with E-state index in [-0.39, 0.29) is 0 Å². The van der Waals surface area contributed by atoms with Crippen LogP contribution in [0.4, 0.5) is 0 Å². The van der Waals surface area contributed by atoms with Crippen molar-refractivity contribution in [2.24, 2.45) is 0 Å². The Balaban J connectivity index is 1.35. The van der Waals surface area contributed by atoms with E-state index in [1.54, 1.807) is 0 Å². The van der Waals surface area contributed by atoms with Crippen molar-refractivity contribution in [3.05, 3.63) is 194 Å². The van der Waals surface area contributed by atoms with E-state index in [9.17, 15) is 0 Å². The van der Waals surface area contributed by atoms with Gasteiger partial charge in [-0.25, -0.2) is 9.97 Å². The molecular weight excluding hydrogens is 697 g/mol. The molecule has 0 aliphatic carbocycles. The molecule has 5 nitrogen and oxygen atoms in total. The van der Waals surface area contributed by atoms with Crippen LogP contribution in [0.2, 0.25) is 0 Å². The van der Waals surface area contributed by atoms with Gasteiger partial charge in [0.1, 0.15) is 11.2 Å². The zero-order chi connectivity index (χ0) is 37.5. The van der Waals surface area contributed by atoms with Gasteiger partial charge in [0.15, 0.2) is 5.82 Å². The van der Waals surface area contributed by atoms with Crippen molar-refractivity contribution in [1.29, 1.82) is 0 Å². The van der Waals surface area contributed by atoms with Crippen LogP contribution >= 0.6 is 0 Å². The Hall–Kier alpha value is -7.76. The topological polar surface area (TPSA) is 48.8 Å². The highest BCUT2D eigenvalue weighted by Gasteiger charge is 2.29. The van der Waals surface area contributed by atoms with Crippen LogP contribution in [0.5, 0.6) is 0 Å². The van der Waals surface area contributed by atoms with E-state index in [0.29, 0.717) is 5.82 Å². The molecule has 0 atom stereocenters. The van der Waals surface area contributed by atoms with E-state index < -0.39 is 0 Å². The monoisotopic (exact) mass is 728 g/mol. The molecule has 8 aromatic carbocycles. The highest BCUT2D eigenvalue weighted by molar-refractivity contribution is 6.18. The Morgan fingerprint density at radius 2 is 0.789 bits per heavy atom. The number of rotatable bonds is 5. The molecule has 0 saturated heterocycles. The van der Waals surface area contributed by atoms with Gasteiger partial charge < -0.3 is 13.6 Å². The van der Waals surface area contributed by atoms with Gasteiger partial charge in [-0.2, -0.15) is 0 Å². The Labute approximate surface area is 327 Å². The van der Waals surface area contributed by atoms with Gasteiger partial charge in [-0.1, -0.05) is 152 Å². The van der Waals surface area contributed by atoms with E-state index in [1.165, 1.54) is 21.5 Å². The second-order valence-electron chi connectivity index (χ2n) is 14.5. The van der Waals surface area contributed by atoms with Crippen LogP contribution < -0.4 is 0 Å². The molecule has 0 unspecified atom stereocenters. The Morgan fingerprint density at radius 3 is 1.30 bits per heavy atom. The molecule has 57 heavy (non-hydrogen) atoms. The Kier molecular flexibility index (Phi) is 6.86. The minimum Gasteiger partial charge on any atom is -0.456 e. The summed E-state index contributed by atoms with van der Waals surface area (Å²) in [5.41, 5.74) is 12.5. The van der Waals surface area contributed by atoms with E-state index in [1.807, 2.05) is 18.2 Å². The van der Waals surface area contributed by atoms with E-state index >= 15 is 0 Å². The summed E-state index contributed by atoms with van der Waals surface area (Å²) in [6.07, 6.45) is 0. The molecule has 0 aliphatic rings. The quantitative estimate of drug-likeness (QED) is 0.177. The molecule has 0 radical (unpaired) electrons. The molecule has 5 heteroatoms. The predicted molar refractivity (Wildman–Crippen MR) is 234 cm³/mol. The van der Waals surface area contributed by atoms with Crippen LogP contribution in [0.1, 0.15) is 0 Å². The van der Waals surface area contributed by atoms with E-state index in [4.69, 9.17) is 14.4 Å². The average molecular weight is 729 g/mol. The van der Waals surface area contributed by atoms with Crippen molar-refractivity contribution in [2.45, 2.75) is 0 Å². The lowest BCUT2D eigenvalue weighted by Gasteiger charge is -2.21. The van der Waals surface area contributed by atoms with E-state index in [2.05, 4.69) is 185 Å². The van der Waals surface area contributed by atoms with Crippen LogP contribution in [0.3, 0.4) is 0 Å². The van der Waals surface area contributed by atoms with Crippen molar-refractivity contribution >= 4 is 65.6 Å². The molecule has 0 N–H and O–H groups in total. The van der Waals surface area contributed by atoms with Gasteiger partial charge in [-0.05, 0) is 36.4 Å². The lowest BCUT2D eigenvalue weighted by atomic mass is 9.99. The molecule has 0 aliphatic heterocycles. The van der Waals surface area contributed by atoms with Gasteiger partial charge in [0.2, 0.25) is 0 Å². The SMILES string of the molecule is c1ccc(-c2cc(-c3ccccc3)nc(-c3c(-n4c5ccccc5c5ccccc54)c(-n4c5ccccc5c5ccccc54)cc4oc5ccccc5c34)n2)cc1. The van der Waals surface area contributed by atoms with Crippen molar-refractivity contribution < 1.29 is 4.42 Å². The highest BCUT2D eigenvalue weighted by Crippen LogP contribution is 2.47. The summed E-state index contributed by atoms with van der Waals surface area (Å²) in [6, 6.07) is 68.2. The first-order valence-corrected chi connectivity index (χ1v) is 19.3. The first-order valence-electron chi connectivity index (χ1n) is 19.3. The zero-order valence-electron chi connectivity index (χ0n) is 30.7. The van der Waals surface area contributed by atoms with Crippen molar-refractivity contribution in [3.63, 3.8) is 0 Å². The minimum atomic E-state index is 0.617. The number of fused-ring (bicyclic) bond motifs is 9. The number of nitrogens with zero attached hydrogens (tertiary/aromatic N) is 4. The number of benzene rings is 8. The molecule has 12 aromatic rings. The van der Waals surface area contributed by atoms with Crippen LogP contribution in [0, 0.1) is 0 Å². The van der Waals surface area contributed by atoms with Gasteiger partial charge in [0, 0.05) is 49.5 Å². The standard InChI is InChI=1S/C52H32N4O/c1-3-17-33(18-4-1)40-31-41(34-19-5-2-6-20-34)54-52(53-40)50-49-39-25-11-16-30-47(39)57-48(49)32-46(55-42-26-12-7-21-35(42)36-22-8-13-27-43(36)55)51(50)56-44-28-14-9-23-37(44)38-24-10-15-29-45(38)56/h1-32H. The van der Waals surface area contributed by atoms with Gasteiger partial charge in [0.05, 0.1) is 50.4 Å². The summed E-state index contributed by atoms with van der Waals surface area (Å²) in [7, 11) is 0. The van der Waals surface area contributed by atoms with Crippen LogP contribution in [0.25, 0.3) is 111 Å². The third-order valence-electron chi connectivity index (χ3n) is 11.3. The molecule has 12 rings (SSSR count). The molecular formula is C52H32N4O. The fraction of sp³-hybridized carbons (Fsp3) is 0. The van der Waals surface area contributed by atoms with Gasteiger partial charge in [-0.3, -0.25) is 0 Å². The third-order valence-corrected chi connectivity index (χ3v) is 11.3. The van der Waals surface area contributed by atoms with Crippen LogP contribution in [-0.2, 0) is 0 Å². The number of aromatic nitrogens is 4. The Morgan fingerprint density at radius 1 is 0.368 bits per heavy atom. The lowest BCUT2D eigenvalue weighted by molar-refractivity contribution is 0.668. The van der Waals surface area contributed by atoms with Crippen molar-refractivity contribution in [3.8, 4) is 45.3 Å². The summed E-state index contributed by atoms with van der Waals surface area (Å²) in [6.45, 7) is 0. The zero-order valence-corrected chi connectivity index (χ0v) is 30.7. The molecule has 0 saturated carbocycles. The van der Waals surface area contributed by atoms with E-state index in [0.717, 1.165) is 83.5 Å². The second-order valence-corrected chi connectivity index (χ2v) is 14.5. The maximum atomic E-state index is 6.88. The second kappa shape index (κ2) is 12.4. The summed E-state index contributed by atoms with van der Waals surface area (Å²) < 4.78 is 11.7. The molecule has 0 bridgehead atoms. The fourth-order valence-electron chi connectivity index (χ4n) is 8.90. The van der Waals surface area contributed by atoms with Crippen LogP contribution in [-0.4, -0.2) is 19.1 Å². The predicted octanol–water partition coefficient (Wildman–Crippen LogP) is 13.6.